The maximum Gasteiger partial charge on any atom is 0.219 e. The summed E-state index contributed by atoms with van der Waals surface area (Å²) in [5.74, 6) is 0.582. The molecule has 2 atom stereocenters. The van der Waals surface area contributed by atoms with E-state index in [0.29, 0.717) is 11.3 Å². The van der Waals surface area contributed by atoms with Gasteiger partial charge >= 0.3 is 0 Å². The zero-order valence-electron chi connectivity index (χ0n) is 7.57. The van der Waals surface area contributed by atoms with Gasteiger partial charge in [0.2, 0.25) is 6.29 Å². The van der Waals surface area contributed by atoms with E-state index in [1.54, 1.807) is 12.1 Å². The fraction of sp³-hybridized carbons (Fsp3) is 0.300. The smallest absolute Gasteiger partial charge is 0.219 e. The largest absolute Gasteiger partial charge is 0.462 e. The highest BCUT2D eigenvalue weighted by Gasteiger charge is 2.35. The van der Waals surface area contributed by atoms with Gasteiger partial charge in [0.05, 0.1) is 5.56 Å². The number of fused-ring (bicyclic) bond motifs is 1. The van der Waals surface area contributed by atoms with E-state index in [1.807, 2.05) is 12.1 Å². The summed E-state index contributed by atoms with van der Waals surface area (Å²) < 4.78 is 10.5. The second-order valence-corrected chi connectivity index (χ2v) is 3.97. The van der Waals surface area contributed by atoms with E-state index in [1.165, 1.54) is 7.11 Å². The van der Waals surface area contributed by atoms with Crippen LogP contribution in [-0.2, 0) is 4.74 Å². The minimum Gasteiger partial charge on any atom is -0.462 e. The number of ketones is 1. The van der Waals surface area contributed by atoms with Crippen molar-refractivity contribution in [3.8, 4) is 5.75 Å². The Morgan fingerprint density at radius 1 is 1.43 bits per heavy atom. The molecule has 0 aromatic heterocycles. The molecular weight excluding hydrogens is 248 g/mol. The normalized spacial score (nSPS) is 25.4. The van der Waals surface area contributed by atoms with E-state index in [-0.39, 0.29) is 5.78 Å². The van der Waals surface area contributed by atoms with Gasteiger partial charge in [-0.25, -0.2) is 0 Å². The molecule has 2 rings (SSSR count). The molecule has 0 spiro atoms. The summed E-state index contributed by atoms with van der Waals surface area (Å²) in [6.07, 6.45) is -0.544. The van der Waals surface area contributed by atoms with Gasteiger partial charge in [-0.05, 0) is 12.1 Å². The van der Waals surface area contributed by atoms with E-state index in [4.69, 9.17) is 9.47 Å². The van der Waals surface area contributed by atoms with E-state index in [0.717, 1.165) is 0 Å². The van der Waals surface area contributed by atoms with Crippen molar-refractivity contribution < 1.29 is 14.3 Å². The van der Waals surface area contributed by atoms with Gasteiger partial charge in [0.1, 0.15) is 10.6 Å². The van der Waals surface area contributed by atoms with Crippen LogP contribution < -0.4 is 4.74 Å². The topological polar surface area (TPSA) is 35.5 Å². The molecule has 1 aliphatic rings. The molecule has 0 amide bonds. The van der Waals surface area contributed by atoms with Crippen LogP contribution in [0.5, 0.6) is 5.75 Å². The Kier molecular flexibility index (Phi) is 2.56. The van der Waals surface area contributed by atoms with Crippen LogP contribution in [0.1, 0.15) is 10.4 Å². The number of hydrogen-bond acceptors (Lipinski definition) is 3. The number of benzene rings is 1. The maximum absolute atomic E-state index is 11.8. The lowest BCUT2D eigenvalue weighted by Crippen LogP contribution is -2.39. The van der Waals surface area contributed by atoms with Crippen LogP contribution in [0, 0.1) is 0 Å². The Morgan fingerprint density at radius 2 is 2.14 bits per heavy atom. The highest BCUT2D eigenvalue weighted by atomic mass is 79.9. The van der Waals surface area contributed by atoms with Crippen LogP contribution in [0.4, 0.5) is 0 Å². The number of alkyl halides is 1. The van der Waals surface area contributed by atoms with Crippen LogP contribution in [0.3, 0.4) is 0 Å². The first-order valence-corrected chi connectivity index (χ1v) is 5.12. The van der Waals surface area contributed by atoms with Gasteiger partial charge in [-0.2, -0.15) is 0 Å². The van der Waals surface area contributed by atoms with Crippen molar-refractivity contribution in [3.63, 3.8) is 0 Å². The summed E-state index contributed by atoms with van der Waals surface area (Å²) >= 11 is 3.25. The summed E-state index contributed by atoms with van der Waals surface area (Å²) in [4.78, 5) is 11.4. The average molecular weight is 257 g/mol. The predicted octanol–water partition coefficient (Wildman–Crippen LogP) is 2.00. The van der Waals surface area contributed by atoms with Crippen LogP contribution in [0.2, 0.25) is 0 Å². The van der Waals surface area contributed by atoms with E-state index >= 15 is 0 Å². The summed E-state index contributed by atoms with van der Waals surface area (Å²) in [5.41, 5.74) is 0.600. The Morgan fingerprint density at radius 3 is 2.86 bits per heavy atom. The number of carbonyl (C=O) groups is 1. The molecule has 0 aliphatic carbocycles. The number of para-hydroxylation sites is 1. The summed E-state index contributed by atoms with van der Waals surface area (Å²) in [6, 6.07) is 7.15. The average Bonchev–Trinajstić information content (AvgIpc) is 2.23. The predicted molar refractivity (Wildman–Crippen MR) is 54.9 cm³/mol. The second kappa shape index (κ2) is 3.71. The fourth-order valence-corrected chi connectivity index (χ4v) is 1.97. The standard InChI is InChI=1S/C10H9BrO3/c1-13-10-8(11)9(12)6-4-2-3-5-7(6)14-10/h2-5,8,10H,1H3/t8-,10-/m1/s1. The van der Waals surface area contributed by atoms with Crippen molar-refractivity contribution >= 4 is 21.7 Å². The molecule has 1 heterocycles. The maximum atomic E-state index is 11.8. The lowest BCUT2D eigenvalue weighted by atomic mass is 10.0. The lowest BCUT2D eigenvalue weighted by Gasteiger charge is -2.27. The van der Waals surface area contributed by atoms with Crippen molar-refractivity contribution in [2.75, 3.05) is 7.11 Å². The molecule has 1 aromatic rings. The van der Waals surface area contributed by atoms with Crippen molar-refractivity contribution in [1.82, 2.24) is 0 Å². The first kappa shape index (κ1) is 9.68. The molecule has 0 saturated heterocycles. The number of methoxy groups -OCH3 is 1. The highest BCUT2D eigenvalue weighted by molar-refractivity contribution is 9.10. The third-order valence-electron chi connectivity index (χ3n) is 2.12. The molecule has 3 nitrogen and oxygen atoms in total. The molecule has 1 aliphatic heterocycles. The van der Waals surface area contributed by atoms with Gasteiger partial charge in [-0.15, -0.1) is 0 Å². The van der Waals surface area contributed by atoms with Crippen molar-refractivity contribution in [2.24, 2.45) is 0 Å². The van der Waals surface area contributed by atoms with Gasteiger partial charge in [-0.3, -0.25) is 4.79 Å². The first-order chi connectivity index (χ1) is 6.74. The quantitative estimate of drug-likeness (QED) is 0.722. The van der Waals surface area contributed by atoms with Crippen LogP contribution >= 0.6 is 15.9 Å². The van der Waals surface area contributed by atoms with Crippen molar-refractivity contribution in [1.29, 1.82) is 0 Å². The molecule has 0 N–H and O–H groups in total. The van der Waals surface area contributed by atoms with Gasteiger partial charge < -0.3 is 9.47 Å². The number of carbonyl (C=O) groups excluding carboxylic acids is 1. The summed E-state index contributed by atoms with van der Waals surface area (Å²) in [7, 11) is 1.51. The van der Waals surface area contributed by atoms with Gasteiger partial charge in [0.25, 0.3) is 0 Å². The minimum atomic E-state index is -0.544. The van der Waals surface area contributed by atoms with E-state index in [9.17, 15) is 4.79 Å². The SMILES string of the molecule is CO[C@@H]1Oc2ccccc2C(=O)[C@H]1Br. The Bertz CT molecular complexity index is 364. The number of ether oxygens (including phenoxy) is 2. The third kappa shape index (κ3) is 1.44. The summed E-state index contributed by atoms with van der Waals surface area (Å²) in [6.45, 7) is 0. The Balaban J connectivity index is 2.42. The zero-order valence-corrected chi connectivity index (χ0v) is 9.15. The number of Topliss-reactive ketones (excluding diaryl/α,β-unsaturated/α-hetero) is 1. The molecule has 0 unspecified atom stereocenters. The number of hydrogen-bond donors (Lipinski definition) is 0. The number of halogens is 1. The summed E-state index contributed by atoms with van der Waals surface area (Å²) in [5, 5.41) is 0. The molecule has 1 aromatic carbocycles. The molecule has 0 bridgehead atoms. The molecule has 0 radical (unpaired) electrons. The van der Waals surface area contributed by atoms with Crippen LogP contribution in [0.25, 0.3) is 0 Å². The monoisotopic (exact) mass is 256 g/mol. The molecule has 74 valence electrons. The minimum absolute atomic E-state index is 0.00120. The van der Waals surface area contributed by atoms with E-state index < -0.39 is 11.1 Å². The number of rotatable bonds is 1. The van der Waals surface area contributed by atoms with Gasteiger partial charge in [-0.1, -0.05) is 28.1 Å². The van der Waals surface area contributed by atoms with Gasteiger partial charge in [0, 0.05) is 7.11 Å². The van der Waals surface area contributed by atoms with Crippen LogP contribution in [0.15, 0.2) is 24.3 Å². The third-order valence-corrected chi connectivity index (χ3v) is 2.96. The molecule has 0 fully saturated rings. The molecule has 4 heteroatoms. The molecular formula is C10H9BrO3. The molecule has 14 heavy (non-hydrogen) atoms. The fourth-order valence-electron chi connectivity index (χ4n) is 1.40. The van der Waals surface area contributed by atoms with E-state index in [2.05, 4.69) is 15.9 Å². The van der Waals surface area contributed by atoms with Crippen LogP contribution in [-0.4, -0.2) is 24.0 Å². The second-order valence-electron chi connectivity index (χ2n) is 2.98. The Hall–Kier alpha value is -0.870. The zero-order chi connectivity index (χ0) is 10.1. The highest BCUT2D eigenvalue weighted by Crippen LogP contribution is 2.30. The molecule has 0 saturated carbocycles. The Labute approximate surface area is 90.1 Å². The lowest BCUT2D eigenvalue weighted by molar-refractivity contribution is -0.0523. The first-order valence-electron chi connectivity index (χ1n) is 4.21. The van der Waals surface area contributed by atoms with Crippen molar-refractivity contribution in [3.05, 3.63) is 29.8 Å². The van der Waals surface area contributed by atoms with Crippen molar-refractivity contribution in [2.45, 2.75) is 11.1 Å². The van der Waals surface area contributed by atoms with Gasteiger partial charge in [0.15, 0.2) is 5.78 Å².